The van der Waals surface area contributed by atoms with Crippen LogP contribution in [0.4, 0.5) is 10.5 Å². The van der Waals surface area contributed by atoms with Gasteiger partial charge in [0.25, 0.3) is 0 Å². The van der Waals surface area contributed by atoms with E-state index in [0.717, 1.165) is 11.1 Å². The zero-order chi connectivity index (χ0) is 19.3. The van der Waals surface area contributed by atoms with Crippen molar-refractivity contribution in [2.24, 2.45) is 5.16 Å². The molecule has 0 saturated carbocycles. The summed E-state index contributed by atoms with van der Waals surface area (Å²) in [5.41, 5.74) is 3.03. The topological polar surface area (TPSA) is 59.9 Å². The molecule has 1 atom stereocenters. The van der Waals surface area contributed by atoms with E-state index in [-0.39, 0.29) is 6.10 Å². The number of anilines is 1. The van der Waals surface area contributed by atoms with E-state index >= 15 is 0 Å². The van der Waals surface area contributed by atoms with Gasteiger partial charge in [-0.2, -0.15) is 0 Å². The van der Waals surface area contributed by atoms with Crippen molar-refractivity contribution in [3.05, 3.63) is 95.0 Å². The number of amides is 1. The van der Waals surface area contributed by atoms with Crippen molar-refractivity contribution in [2.45, 2.75) is 12.5 Å². The Labute approximate surface area is 167 Å². The van der Waals surface area contributed by atoms with Crippen LogP contribution in [0.25, 0.3) is 0 Å². The van der Waals surface area contributed by atoms with E-state index in [9.17, 15) is 4.79 Å². The first-order valence-corrected chi connectivity index (χ1v) is 9.18. The average molecular weight is 393 g/mol. The van der Waals surface area contributed by atoms with Crippen molar-refractivity contribution in [3.63, 3.8) is 0 Å². The molecule has 6 heteroatoms. The van der Waals surface area contributed by atoms with Crippen molar-refractivity contribution >= 4 is 29.1 Å². The van der Waals surface area contributed by atoms with Crippen LogP contribution >= 0.6 is 11.6 Å². The molecule has 1 heterocycles. The van der Waals surface area contributed by atoms with Crippen molar-refractivity contribution in [2.75, 3.05) is 5.32 Å². The number of fused-ring (bicyclic) bond motifs is 1. The molecule has 3 aromatic carbocycles. The Morgan fingerprint density at radius 1 is 1.04 bits per heavy atom. The molecule has 140 valence electrons. The monoisotopic (exact) mass is 392 g/mol. The number of rotatable bonds is 3. The zero-order valence-electron chi connectivity index (χ0n) is 14.8. The van der Waals surface area contributed by atoms with E-state index in [2.05, 4.69) is 10.5 Å². The van der Waals surface area contributed by atoms with Crippen LogP contribution in [0.1, 0.15) is 23.7 Å². The first-order chi connectivity index (χ1) is 13.7. The molecule has 5 nitrogen and oxygen atoms in total. The van der Waals surface area contributed by atoms with E-state index < -0.39 is 6.09 Å². The van der Waals surface area contributed by atoms with Crippen molar-refractivity contribution < 1.29 is 14.4 Å². The fourth-order valence-electron chi connectivity index (χ4n) is 3.03. The SMILES string of the molecule is O=C(Nc1cccc(Cl)c1)O/N=C1/C[C@@H](c2ccccc2)Oc2ccccc21. The number of hydrogen-bond donors (Lipinski definition) is 1. The van der Waals surface area contributed by atoms with Crippen LogP contribution in [0, 0.1) is 0 Å². The Bertz CT molecular complexity index is 1020. The predicted molar refractivity (Wildman–Crippen MR) is 109 cm³/mol. The zero-order valence-corrected chi connectivity index (χ0v) is 15.6. The van der Waals surface area contributed by atoms with Gasteiger partial charge in [-0.25, -0.2) is 4.79 Å². The third kappa shape index (κ3) is 4.15. The van der Waals surface area contributed by atoms with Gasteiger partial charge >= 0.3 is 6.09 Å². The summed E-state index contributed by atoms with van der Waals surface area (Å²) in [7, 11) is 0. The number of ether oxygens (including phenoxy) is 1. The van der Waals surface area contributed by atoms with Crippen LogP contribution in [0.3, 0.4) is 0 Å². The molecular formula is C22H17ClN2O3. The molecule has 0 aromatic heterocycles. The van der Waals surface area contributed by atoms with Gasteiger partial charge in [-0.15, -0.1) is 0 Å². The molecule has 4 rings (SSSR count). The number of halogens is 1. The summed E-state index contributed by atoms with van der Waals surface area (Å²) >= 11 is 5.92. The lowest BCUT2D eigenvalue weighted by Crippen LogP contribution is -2.22. The third-order valence-electron chi connectivity index (χ3n) is 4.33. The highest BCUT2D eigenvalue weighted by Gasteiger charge is 2.26. The van der Waals surface area contributed by atoms with Crippen LogP contribution in [-0.2, 0) is 4.84 Å². The third-order valence-corrected chi connectivity index (χ3v) is 4.56. The molecule has 0 saturated heterocycles. The largest absolute Gasteiger partial charge is 0.485 e. The van der Waals surface area contributed by atoms with Crippen molar-refractivity contribution in [3.8, 4) is 5.75 Å². The van der Waals surface area contributed by atoms with Gasteiger partial charge in [0, 0.05) is 22.7 Å². The Hall–Kier alpha value is -3.31. The van der Waals surface area contributed by atoms with Crippen LogP contribution in [-0.4, -0.2) is 11.8 Å². The van der Waals surface area contributed by atoms with Gasteiger partial charge in [0.05, 0.1) is 5.71 Å². The van der Waals surface area contributed by atoms with E-state index in [0.29, 0.717) is 28.6 Å². The number of nitrogens with zero attached hydrogens (tertiary/aromatic N) is 1. The summed E-state index contributed by atoms with van der Waals surface area (Å²) in [4.78, 5) is 17.2. The van der Waals surface area contributed by atoms with Crippen LogP contribution in [0.15, 0.2) is 84.0 Å². The van der Waals surface area contributed by atoms with Crippen LogP contribution in [0.5, 0.6) is 5.75 Å². The van der Waals surface area contributed by atoms with Crippen molar-refractivity contribution in [1.29, 1.82) is 0 Å². The molecule has 1 aliphatic rings. The van der Waals surface area contributed by atoms with E-state index in [1.807, 2.05) is 54.6 Å². The van der Waals surface area contributed by atoms with E-state index in [1.54, 1.807) is 24.3 Å². The summed E-state index contributed by atoms with van der Waals surface area (Å²) < 4.78 is 6.11. The average Bonchev–Trinajstić information content (AvgIpc) is 2.72. The molecule has 1 N–H and O–H groups in total. The molecule has 0 radical (unpaired) electrons. The Kier molecular flexibility index (Phi) is 5.26. The molecule has 1 aliphatic heterocycles. The number of carbonyl (C=O) groups is 1. The highest BCUT2D eigenvalue weighted by atomic mass is 35.5. The van der Waals surface area contributed by atoms with Crippen LogP contribution in [0.2, 0.25) is 5.02 Å². The highest BCUT2D eigenvalue weighted by molar-refractivity contribution is 6.30. The smallest absolute Gasteiger partial charge is 0.437 e. The number of oxime groups is 1. The number of hydrogen-bond acceptors (Lipinski definition) is 4. The molecule has 0 unspecified atom stereocenters. The second-order valence-electron chi connectivity index (χ2n) is 6.27. The fourth-order valence-corrected chi connectivity index (χ4v) is 3.22. The lowest BCUT2D eigenvalue weighted by atomic mass is 9.96. The molecule has 0 bridgehead atoms. The summed E-state index contributed by atoms with van der Waals surface area (Å²) in [6.07, 6.45) is -0.393. The Morgan fingerprint density at radius 2 is 1.82 bits per heavy atom. The first-order valence-electron chi connectivity index (χ1n) is 8.80. The number of para-hydroxylation sites is 1. The predicted octanol–water partition coefficient (Wildman–Crippen LogP) is 5.82. The number of carbonyl (C=O) groups excluding carboxylic acids is 1. The summed E-state index contributed by atoms with van der Waals surface area (Å²) in [6, 6.07) is 24.3. The van der Waals surface area contributed by atoms with Gasteiger partial charge in [-0.05, 0) is 35.9 Å². The Morgan fingerprint density at radius 3 is 2.64 bits per heavy atom. The van der Waals surface area contributed by atoms with Gasteiger partial charge in [-0.1, -0.05) is 65.3 Å². The lowest BCUT2D eigenvalue weighted by Gasteiger charge is -2.27. The maximum atomic E-state index is 12.1. The molecule has 0 aliphatic carbocycles. The van der Waals surface area contributed by atoms with Gasteiger partial charge < -0.3 is 4.74 Å². The maximum Gasteiger partial charge on any atom is 0.437 e. The fraction of sp³-hybridized carbons (Fsp3) is 0.0909. The number of benzene rings is 3. The lowest BCUT2D eigenvalue weighted by molar-refractivity contribution is 0.163. The maximum absolute atomic E-state index is 12.1. The second-order valence-corrected chi connectivity index (χ2v) is 6.71. The van der Waals surface area contributed by atoms with Gasteiger partial charge in [-0.3, -0.25) is 10.2 Å². The molecule has 0 spiro atoms. The minimum absolute atomic E-state index is 0.200. The van der Waals surface area contributed by atoms with Crippen LogP contribution < -0.4 is 10.1 Å². The molecule has 3 aromatic rings. The quantitative estimate of drug-likeness (QED) is 0.451. The second kappa shape index (κ2) is 8.15. The van der Waals surface area contributed by atoms with E-state index in [1.165, 1.54) is 0 Å². The minimum atomic E-state index is -0.685. The Balaban J connectivity index is 1.54. The van der Waals surface area contributed by atoms with Gasteiger partial charge in [0.15, 0.2) is 0 Å². The van der Waals surface area contributed by atoms with E-state index in [4.69, 9.17) is 21.2 Å². The first kappa shape index (κ1) is 18.1. The summed E-state index contributed by atoms with van der Waals surface area (Å²) in [5, 5.41) is 7.24. The standard InChI is InChI=1S/C22H17ClN2O3/c23-16-9-6-10-17(13-16)24-22(26)28-25-19-14-21(15-7-2-1-3-8-15)27-20-12-5-4-11-18(19)20/h1-13,21H,14H2,(H,24,26)/b25-19-/t21-/m0/s1. The highest BCUT2D eigenvalue weighted by Crippen LogP contribution is 2.35. The molecule has 0 fully saturated rings. The molecule has 28 heavy (non-hydrogen) atoms. The molecule has 1 amide bonds. The summed E-state index contributed by atoms with van der Waals surface area (Å²) in [5.74, 6) is 0.709. The van der Waals surface area contributed by atoms with Gasteiger partial charge in [0.1, 0.15) is 11.9 Å². The normalized spacial score (nSPS) is 16.8. The molecular weight excluding hydrogens is 376 g/mol. The number of nitrogens with one attached hydrogen (secondary N) is 1. The summed E-state index contributed by atoms with van der Waals surface area (Å²) in [6.45, 7) is 0. The van der Waals surface area contributed by atoms with Gasteiger partial charge in [0.2, 0.25) is 0 Å². The minimum Gasteiger partial charge on any atom is -0.485 e. The van der Waals surface area contributed by atoms with Crippen molar-refractivity contribution in [1.82, 2.24) is 0 Å².